The van der Waals surface area contributed by atoms with E-state index >= 15 is 0 Å². The molecular formula is C26H28F3N3O4S2. The second-order valence-electron chi connectivity index (χ2n) is 9.12. The van der Waals surface area contributed by atoms with Gasteiger partial charge in [-0.1, -0.05) is 18.9 Å². The van der Waals surface area contributed by atoms with E-state index in [-0.39, 0.29) is 40.4 Å². The summed E-state index contributed by atoms with van der Waals surface area (Å²) in [5.41, 5.74) is 1.84. The lowest BCUT2D eigenvalue weighted by molar-refractivity contribution is -0.140. The first kappa shape index (κ1) is 27.9. The standard InChI is InChI=1S/C26H28F3N3O4S2/c1-2-38(35,36)22-10-8-19(9-11-22)30-14-4-5-21-17-23-24(31-20-12-15-37(33,34)16-13-20)6-3-7-25(23)32(21)18-26(27,28)29/h3,6-11,17,20,30-31H,2,12-16,18H2,1H3. The van der Waals surface area contributed by atoms with Gasteiger partial charge in [0.15, 0.2) is 9.84 Å². The number of sulfone groups is 2. The maximum atomic E-state index is 13.4. The number of nitrogens with one attached hydrogen (secondary N) is 2. The van der Waals surface area contributed by atoms with Gasteiger partial charge >= 0.3 is 6.18 Å². The molecule has 0 saturated carbocycles. The molecule has 2 aromatic carbocycles. The molecule has 0 bridgehead atoms. The third-order valence-corrected chi connectivity index (χ3v) is 9.85. The molecule has 1 saturated heterocycles. The first-order chi connectivity index (χ1) is 17.9. The highest BCUT2D eigenvalue weighted by molar-refractivity contribution is 7.91. The van der Waals surface area contributed by atoms with E-state index in [0.717, 1.165) is 4.57 Å². The number of anilines is 2. The summed E-state index contributed by atoms with van der Waals surface area (Å²) in [5, 5.41) is 6.91. The zero-order valence-electron chi connectivity index (χ0n) is 20.7. The predicted octanol–water partition coefficient (Wildman–Crippen LogP) is 4.45. The zero-order chi connectivity index (χ0) is 27.6. The number of rotatable bonds is 7. The average molecular weight is 568 g/mol. The van der Waals surface area contributed by atoms with Crippen molar-refractivity contribution in [1.29, 1.82) is 0 Å². The summed E-state index contributed by atoms with van der Waals surface area (Å²) in [6.07, 6.45) is -3.58. The van der Waals surface area contributed by atoms with E-state index in [1.807, 2.05) is 0 Å². The van der Waals surface area contributed by atoms with E-state index in [1.54, 1.807) is 43.3 Å². The first-order valence-electron chi connectivity index (χ1n) is 12.1. The van der Waals surface area contributed by atoms with Crippen LogP contribution in [-0.2, 0) is 26.2 Å². The largest absolute Gasteiger partial charge is 0.406 e. The van der Waals surface area contributed by atoms with Crippen molar-refractivity contribution in [2.45, 2.75) is 43.4 Å². The van der Waals surface area contributed by atoms with Gasteiger partial charge in [-0.2, -0.15) is 13.2 Å². The summed E-state index contributed by atoms with van der Waals surface area (Å²) in [4.78, 5) is 0.215. The number of nitrogens with zero attached hydrogens (tertiary/aromatic N) is 1. The van der Waals surface area contributed by atoms with Crippen molar-refractivity contribution in [2.24, 2.45) is 0 Å². The number of aromatic nitrogens is 1. The van der Waals surface area contributed by atoms with Gasteiger partial charge in [-0.05, 0) is 61.2 Å². The highest BCUT2D eigenvalue weighted by Gasteiger charge is 2.30. The molecule has 0 atom stereocenters. The van der Waals surface area contributed by atoms with Crippen LogP contribution in [0.4, 0.5) is 24.5 Å². The molecular weight excluding hydrogens is 539 g/mol. The Morgan fingerprint density at radius 2 is 1.76 bits per heavy atom. The van der Waals surface area contributed by atoms with Gasteiger partial charge < -0.3 is 15.2 Å². The molecule has 1 aliphatic heterocycles. The van der Waals surface area contributed by atoms with Crippen molar-refractivity contribution in [1.82, 2.24) is 4.57 Å². The van der Waals surface area contributed by atoms with Crippen LogP contribution >= 0.6 is 0 Å². The van der Waals surface area contributed by atoms with Crippen LogP contribution in [0, 0.1) is 11.8 Å². The van der Waals surface area contributed by atoms with E-state index in [9.17, 15) is 30.0 Å². The van der Waals surface area contributed by atoms with Crippen molar-refractivity contribution in [2.75, 3.05) is 34.4 Å². The Balaban J connectivity index is 1.55. The molecule has 0 radical (unpaired) electrons. The van der Waals surface area contributed by atoms with Gasteiger partial charge in [0.1, 0.15) is 16.4 Å². The SMILES string of the molecule is CCS(=O)(=O)c1ccc(NCC#Cc2cc3c(NC4CCS(=O)(=O)CC4)cccc3n2CC(F)(F)F)cc1. The number of fused-ring (bicyclic) bond motifs is 1. The lowest BCUT2D eigenvalue weighted by atomic mass is 10.1. The fraction of sp³-hybridized carbons (Fsp3) is 0.385. The Morgan fingerprint density at radius 3 is 2.39 bits per heavy atom. The second-order valence-corrected chi connectivity index (χ2v) is 13.7. The minimum Gasteiger partial charge on any atom is -0.382 e. The summed E-state index contributed by atoms with van der Waals surface area (Å²) in [5.74, 6) is 5.83. The molecule has 1 aromatic heterocycles. The normalized spacial score (nSPS) is 16.1. The molecule has 3 aromatic rings. The molecule has 2 N–H and O–H groups in total. The smallest absolute Gasteiger partial charge is 0.382 e. The molecule has 0 unspecified atom stereocenters. The van der Waals surface area contributed by atoms with Crippen molar-refractivity contribution in [3.63, 3.8) is 0 Å². The van der Waals surface area contributed by atoms with Gasteiger partial charge in [-0.3, -0.25) is 0 Å². The Bertz CT molecular complexity index is 1570. The number of alkyl halides is 3. The van der Waals surface area contributed by atoms with Crippen LogP contribution < -0.4 is 10.6 Å². The fourth-order valence-corrected chi connectivity index (χ4v) is 6.72. The quantitative estimate of drug-likeness (QED) is 0.410. The van der Waals surface area contributed by atoms with Crippen molar-refractivity contribution >= 4 is 42.0 Å². The first-order valence-corrected chi connectivity index (χ1v) is 15.6. The number of halogens is 3. The monoisotopic (exact) mass is 567 g/mol. The molecule has 1 aliphatic rings. The minimum atomic E-state index is -4.46. The van der Waals surface area contributed by atoms with E-state index in [0.29, 0.717) is 35.1 Å². The zero-order valence-corrected chi connectivity index (χ0v) is 22.3. The molecule has 1 fully saturated rings. The van der Waals surface area contributed by atoms with Gasteiger partial charge in [-0.25, -0.2) is 16.8 Å². The Kier molecular flexibility index (Phi) is 7.99. The topological polar surface area (TPSA) is 97.3 Å². The summed E-state index contributed by atoms with van der Waals surface area (Å²) < 4.78 is 88.8. The number of hydrogen-bond acceptors (Lipinski definition) is 6. The maximum Gasteiger partial charge on any atom is 0.406 e. The number of hydrogen-bond donors (Lipinski definition) is 2. The van der Waals surface area contributed by atoms with Crippen LogP contribution in [0.3, 0.4) is 0 Å². The molecule has 0 spiro atoms. The Morgan fingerprint density at radius 1 is 1.08 bits per heavy atom. The van der Waals surface area contributed by atoms with Crippen LogP contribution in [-0.4, -0.2) is 57.4 Å². The third kappa shape index (κ3) is 6.82. The molecule has 204 valence electrons. The maximum absolute atomic E-state index is 13.4. The van der Waals surface area contributed by atoms with Crippen LogP contribution in [0.25, 0.3) is 10.9 Å². The van der Waals surface area contributed by atoms with Gasteiger partial charge in [0.2, 0.25) is 0 Å². The fourth-order valence-electron chi connectivity index (χ4n) is 4.35. The third-order valence-electron chi connectivity index (χ3n) is 6.39. The van der Waals surface area contributed by atoms with Crippen LogP contribution in [0.2, 0.25) is 0 Å². The van der Waals surface area contributed by atoms with Gasteiger partial charge in [0.05, 0.1) is 39.9 Å². The van der Waals surface area contributed by atoms with Gasteiger partial charge in [-0.15, -0.1) is 0 Å². The van der Waals surface area contributed by atoms with Crippen LogP contribution in [0.5, 0.6) is 0 Å². The second kappa shape index (κ2) is 10.9. The highest BCUT2D eigenvalue weighted by atomic mass is 32.2. The summed E-state index contributed by atoms with van der Waals surface area (Å²) in [6, 6.07) is 12.8. The van der Waals surface area contributed by atoms with Crippen LogP contribution in [0.1, 0.15) is 25.5 Å². The highest BCUT2D eigenvalue weighted by Crippen LogP contribution is 2.31. The molecule has 0 amide bonds. The summed E-state index contributed by atoms with van der Waals surface area (Å²) in [6.45, 7) is 0.498. The lowest BCUT2D eigenvalue weighted by Gasteiger charge is -2.24. The van der Waals surface area contributed by atoms with Gasteiger partial charge in [0, 0.05) is 22.8 Å². The molecule has 2 heterocycles. The van der Waals surface area contributed by atoms with E-state index in [2.05, 4.69) is 22.5 Å². The summed E-state index contributed by atoms with van der Waals surface area (Å²) in [7, 11) is -6.35. The molecule has 7 nitrogen and oxygen atoms in total. The van der Waals surface area contributed by atoms with Crippen molar-refractivity contribution in [3.8, 4) is 11.8 Å². The van der Waals surface area contributed by atoms with Gasteiger partial charge in [0.25, 0.3) is 0 Å². The molecule has 12 heteroatoms. The molecule has 38 heavy (non-hydrogen) atoms. The molecule has 0 aliphatic carbocycles. The lowest BCUT2D eigenvalue weighted by Crippen LogP contribution is -2.32. The Labute approximate surface area is 220 Å². The van der Waals surface area contributed by atoms with Crippen molar-refractivity contribution in [3.05, 3.63) is 54.2 Å². The number of benzene rings is 2. The van der Waals surface area contributed by atoms with E-state index in [1.165, 1.54) is 12.1 Å². The Hall–Kier alpha value is -3.17. The summed E-state index contributed by atoms with van der Waals surface area (Å²) >= 11 is 0. The molecule has 4 rings (SSSR count). The minimum absolute atomic E-state index is 0.00300. The van der Waals surface area contributed by atoms with E-state index < -0.39 is 32.4 Å². The average Bonchev–Trinajstić information content (AvgIpc) is 3.20. The van der Waals surface area contributed by atoms with E-state index in [4.69, 9.17) is 0 Å². The van der Waals surface area contributed by atoms with Crippen LogP contribution in [0.15, 0.2) is 53.4 Å². The van der Waals surface area contributed by atoms with Crippen molar-refractivity contribution < 1.29 is 30.0 Å². The predicted molar refractivity (Wildman–Crippen MR) is 143 cm³/mol.